The van der Waals surface area contributed by atoms with Gasteiger partial charge in [-0.1, -0.05) is 12.8 Å². The minimum absolute atomic E-state index is 0.00593. The van der Waals surface area contributed by atoms with Crippen LogP contribution >= 0.6 is 0 Å². The van der Waals surface area contributed by atoms with Crippen LogP contribution in [0.5, 0.6) is 0 Å². The summed E-state index contributed by atoms with van der Waals surface area (Å²) in [5, 5.41) is 14.2. The molecule has 1 aliphatic carbocycles. The minimum atomic E-state index is -0.323. The lowest BCUT2D eigenvalue weighted by atomic mass is 10.1. The number of nitrogens with one attached hydrogen (secondary N) is 2. The largest absolute Gasteiger partial charge is 0.317 e. The van der Waals surface area contributed by atoms with Crippen molar-refractivity contribution in [1.82, 2.24) is 19.6 Å². The standard InChI is InChI=1S/C17H24N6O2/c1-10-15(11(2)22(3)20-10)19-17(25)13-9-14(23(4)21-13)18-16(24)12-7-5-6-8-12/h9,12H,5-8H2,1-4H3,(H,18,24)(H,19,25). The third-order valence-electron chi connectivity index (χ3n) is 4.84. The van der Waals surface area contributed by atoms with E-state index in [2.05, 4.69) is 20.8 Å². The van der Waals surface area contributed by atoms with Crippen molar-refractivity contribution < 1.29 is 9.59 Å². The molecule has 25 heavy (non-hydrogen) atoms. The molecule has 0 bridgehead atoms. The summed E-state index contributed by atoms with van der Waals surface area (Å²) < 4.78 is 3.24. The number of rotatable bonds is 4. The molecule has 0 aliphatic heterocycles. The molecule has 0 aromatic carbocycles. The Kier molecular flexibility index (Phi) is 4.61. The minimum Gasteiger partial charge on any atom is -0.317 e. The average molecular weight is 344 g/mol. The van der Waals surface area contributed by atoms with E-state index in [0.717, 1.165) is 37.1 Å². The molecule has 2 N–H and O–H groups in total. The topological polar surface area (TPSA) is 93.8 Å². The van der Waals surface area contributed by atoms with Gasteiger partial charge in [-0.15, -0.1) is 0 Å². The zero-order valence-electron chi connectivity index (χ0n) is 15.1. The number of nitrogens with zero attached hydrogens (tertiary/aromatic N) is 4. The van der Waals surface area contributed by atoms with E-state index < -0.39 is 0 Å². The molecule has 8 heteroatoms. The lowest BCUT2D eigenvalue weighted by Crippen LogP contribution is -2.21. The third-order valence-corrected chi connectivity index (χ3v) is 4.84. The predicted molar refractivity (Wildman–Crippen MR) is 94.4 cm³/mol. The van der Waals surface area contributed by atoms with E-state index in [1.54, 1.807) is 17.8 Å². The highest BCUT2D eigenvalue weighted by Crippen LogP contribution is 2.26. The molecule has 8 nitrogen and oxygen atoms in total. The maximum atomic E-state index is 12.5. The maximum absolute atomic E-state index is 12.5. The first-order valence-corrected chi connectivity index (χ1v) is 8.53. The Labute approximate surface area is 146 Å². The molecule has 0 spiro atoms. The van der Waals surface area contributed by atoms with E-state index in [9.17, 15) is 9.59 Å². The maximum Gasteiger partial charge on any atom is 0.276 e. The molecule has 134 valence electrons. The molecule has 2 amide bonds. The summed E-state index contributed by atoms with van der Waals surface area (Å²) in [4.78, 5) is 24.8. The van der Waals surface area contributed by atoms with Crippen LogP contribution in [0.2, 0.25) is 0 Å². The van der Waals surface area contributed by atoms with Gasteiger partial charge >= 0.3 is 0 Å². The molecular weight excluding hydrogens is 320 g/mol. The van der Waals surface area contributed by atoms with Gasteiger partial charge in [0.1, 0.15) is 5.82 Å². The molecule has 0 saturated heterocycles. The van der Waals surface area contributed by atoms with Gasteiger partial charge in [-0.3, -0.25) is 19.0 Å². The van der Waals surface area contributed by atoms with Gasteiger partial charge in [0.15, 0.2) is 5.69 Å². The fraction of sp³-hybridized carbons (Fsp3) is 0.529. The first-order chi connectivity index (χ1) is 11.9. The molecule has 1 fully saturated rings. The van der Waals surface area contributed by atoms with E-state index in [1.165, 1.54) is 4.68 Å². The summed E-state index contributed by atoms with van der Waals surface area (Å²) in [5.41, 5.74) is 2.57. The molecule has 0 atom stereocenters. The fourth-order valence-corrected chi connectivity index (χ4v) is 3.24. The van der Waals surface area contributed by atoms with Gasteiger partial charge in [0, 0.05) is 26.1 Å². The number of carbonyl (C=O) groups excluding carboxylic acids is 2. The van der Waals surface area contributed by atoms with Crippen LogP contribution in [0.15, 0.2) is 6.07 Å². The molecule has 2 aromatic heterocycles. The second-order valence-corrected chi connectivity index (χ2v) is 6.63. The molecule has 0 radical (unpaired) electrons. The summed E-state index contributed by atoms with van der Waals surface area (Å²) in [6.07, 6.45) is 4.05. The summed E-state index contributed by atoms with van der Waals surface area (Å²) in [7, 11) is 3.54. The molecule has 3 rings (SSSR count). The predicted octanol–water partition coefficient (Wildman–Crippen LogP) is 2.15. The Bertz CT molecular complexity index is 813. The van der Waals surface area contributed by atoms with Crippen LogP contribution in [-0.2, 0) is 18.9 Å². The Morgan fingerprint density at radius 1 is 1.08 bits per heavy atom. The average Bonchev–Trinajstić information content (AvgIpc) is 3.26. The van der Waals surface area contributed by atoms with Crippen LogP contribution in [0.4, 0.5) is 11.5 Å². The number of anilines is 2. The third kappa shape index (κ3) is 3.42. The highest BCUT2D eigenvalue weighted by Gasteiger charge is 2.24. The van der Waals surface area contributed by atoms with Crippen LogP contribution in [0.1, 0.15) is 47.6 Å². The van der Waals surface area contributed by atoms with E-state index >= 15 is 0 Å². The van der Waals surface area contributed by atoms with Gasteiger partial charge in [-0.2, -0.15) is 10.2 Å². The summed E-state index contributed by atoms with van der Waals surface area (Å²) in [6.45, 7) is 3.73. The molecule has 0 unspecified atom stereocenters. The second-order valence-electron chi connectivity index (χ2n) is 6.63. The van der Waals surface area contributed by atoms with E-state index in [4.69, 9.17) is 0 Å². The van der Waals surface area contributed by atoms with Crippen molar-refractivity contribution in [2.45, 2.75) is 39.5 Å². The Balaban J connectivity index is 1.72. The van der Waals surface area contributed by atoms with Gasteiger partial charge in [-0.05, 0) is 26.7 Å². The van der Waals surface area contributed by atoms with Crippen LogP contribution < -0.4 is 10.6 Å². The van der Waals surface area contributed by atoms with Crippen molar-refractivity contribution in [2.75, 3.05) is 10.6 Å². The number of hydrogen-bond donors (Lipinski definition) is 2. The van der Waals surface area contributed by atoms with Gasteiger partial charge in [0.2, 0.25) is 5.91 Å². The molecule has 1 saturated carbocycles. The number of aromatic nitrogens is 4. The van der Waals surface area contributed by atoms with Gasteiger partial charge in [0.25, 0.3) is 5.91 Å². The Morgan fingerprint density at radius 2 is 1.76 bits per heavy atom. The quantitative estimate of drug-likeness (QED) is 0.888. The Hall–Kier alpha value is -2.64. The Morgan fingerprint density at radius 3 is 2.36 bits per heavy atom. The number of hydrogen-bond acceptors (Lipinski definition) is 4. The van der Waals surface area contributed by atoms with Crippen molar-refractivity contribution in [3.05, 3.63) is 23.1 Å². The summed E-state index contributed by atoms with van der Waals surface area (Å²) in [6, 6.07) is 1.60. The normalized spacial score (nSPS) is 14.7. The first kappa shape index (κ1) is 17.2. The highest BCUT2D eigenvalue weighted by molar-refractivity contribution is 6.04. The van der Waals surface area contributed by atoms with Crippen molar-refractivity contribution in [3.8, 4) is 0 Å². The summed E-state index contributed by atoms with van der Waals surface area (Å²) in [5.74, 6) is 0.275. The molecule has 1 aliphatic rings. The van der Waals surface area contributed by atoms with E-state index in [1.807, 2.05) is 20.9 Å². The molecule has 2 aromatic rings. The smallest absolute Gasteiger partial charge is 0.276 e. The van der Waals surface area contributed by atoms with Crippen molar-refractivity contribution in [2.24, 2.45) is 20.0 Å². The monoisotopic (exact) mass is 344 g/mol. The first-order valence-electron chi connectivity index (χ1n) is 8.53. The second kappa shape index (κ2) is 6.70. The lowest BCUT2D eigenvalue weighted by molar-refractivity contribution is -0.119. The molecular formula is C17H24N6O2. The van der Waals surface area contributed by atoms with Crippen molar-refractivity contribution >= 4 is 23.3 Å². The fourth-order valence-electron chi connectivity index (χ4n) is 3.24. The highest BCUT2D eigenvalue weighted by atomic mass is 16.2. The van der Waals surface area contributed by atoms with Crippen LogP contribution in [0, 0.1) is 19.8 Å². The van der Waals surface area contributed by atoms with Crippen LogP contribution in [0.3, 0.4) is 0 Å². The van der Waals surface area contributed by atoms with Crippen molar-refractivity contribution in [3.63, 3.8) is 0 Å². The van der Waals surface area contributed by atoms with Crippen LogP contribution in [-0.4, -0.2) is 31.4 Å². The lowest BCUT2D eigenvalue weighted by Gasteiger charge is -2.09. The van der Waals surface area contributed by atoms with Crippen LogP contribution in [0.25, 0.3) is 0 Å². The van der Waals surface area contributed by atoms with Crippen molar-refractivity contribution in [1.29, 1.82) is 0 Å². The zero-order valence-corrected chi connectivity index (χ0v) is 15.1. The SMILES string of the molecule is Cc1nn(C)c(C)c1NC(=O)c1cc(NC(=O)C2CCCC2)n(C)n1. The van der Waals surface area contributed by atoms with Gasteiger partial charge in [-0.25, -0.2) is 0 Å². The van der Waals surface area contributed by atoms with E-state index in [0.29, 0.717) is 11.5 Å². The van der Waals surface area contributed by atoms with E-state index in [-0.39, 0.29) is 23.4 Å². The number of amides is 2. The summed E-state index contributed by atoms with van der Waals surface area (Å²) >= 11 is 0. The number of carbonyl (C=O) groups is 2. The van der Waals surface area contributed by atoms with Gasteiger partial charge < -0.3 is 10.6 Å². The zero-order chi connectivity index (χ0) is 18.1. The number of aryl methyl sites for hydroxylation is 3. The molecule has 2 heterocycles. The van der Waals surface area contributed by atoms with Gasteiger partial charge in [0.05, 0.1) is 17.1 Å².